The fourth-order valence-electron chi connectivity index (χ4n) is 4.42. The van der Waals surface area contributed by atoms with Gasteiger partial charge >= 0.3 is 0 Å². The van der Waals surface area contributed by atoms with Crippen LogP contribution in [-0.4, -0.2) is 75.3 Å². The number of aromatic nitrogens is 4. The molecule has 0 atom stereocenters. The smallest absolute Gasteiger partial charge is 0.253 e. The Morgan fingerprint density at radius 3 is 2.38 bits per heavy atom. The summed E-state index contributed by atoms with van der Waals surface area (Å²) in [5, 5.41) is 9.78. The third-order valence-corrected chi connectivity index (χ3v) is 7.57. The number of benzene rings is 2. The zero-order chi connectivity index (χ0) is 25.6. The van der Waals surface area contributed by atoms with E-state index in [1.807, 2.05) is 70.1 Å². The van der Waals surface area contributed by atoms with Gasteiger partial charge in [0.15, 0.2) is 11.0 Å². The Kier molecular flexibility index (Phi) is 7.82. The van der Waals surface area contributed by atoms with E-state index in [0.29, 0.717) is 5.75 Å². The van der Waals surface area contributed by atoms with Gasteiger partial charge in [0.25, 0.3) is 5.91 Å². The van der Waals surface area contributed by atoms with Crippen molar-refractivity contribution in [1.82, 2.24) is 29.5 Å². The maximum Gasteiger partial charge on any atom is 0.253 e. The molecule has 9 heteroatoms. The molecule has 0 unspecified atom stereocenters. The SMILES string of the molecule is CCN1CCN(C(=O)c2ccc(CSc3nnc(-c4ccncc4)n3-c3ccccc3OC)cc2)CC1. The molecule has 2 aromatic heterocycles. The van der Waals surface area contributed by atoms with Gasteiger partial charge in [-0.15, -0.1) is 10.2 Å². The molecule has 2 aromatic carbocycles. The van der Waals surface area contributed by atoms with Crippen molar-refractivity contribution >= 4 is 17.7 Å². The minimum Gasteiger partial charge on any atom is -0.495 e. The van der Waals surface area contributed by atoms with Crippen LogP contribution in [0.25, 0.3) is 17.1 Å². The average molecular weight is 515 g/mol. The highest BCUT2D eigenvalue weighted by atomic mass is 32.2. The summed E-state index contributed by atoms with van der Waals surface area (Å²) < 4.78 is 7.66. The lowest BCUT2D eigenvalue weighted by Gasteiger charge is -2.34. The van der Waals surface area contributed by atoms with E-state index in [1.165, 1.54) is 0 Å². The molecule has 3 heterocycles. The van der Waals surface area contributed by atoms with Crippen molar-refractivity contribution in [3.8, 4) is 22.8 Å². The second-order valence-corrected chi connectivity index (χ2v) is 9.70. The Bertz CT molecular complexity index is 1330. The number of para-hydroxylation sites is 2. The molecule has 5 rings (SSSR count). The van der Waals surface area contributed by atoms with E-state index in [2.05, 4.69) is 27.0 Å². The van der Waals surface area contributed by atoms with Gasteiger partial charge in [-0.2, -0.15) is 0 Å². The number of amides is 1. The van der Waals surface area contributed by atoms with Crippen LogP contribution in [0.2, 0.25) is 0 Å². The van der Waals surface area contributed by atoms with Crippen LogP contribution < -0.4 is 4.74 Å². The number of pyridine rings is 1. The number of carbonyl (C=O) groups excluding carboxylic acids is 1. The first-order valence-electron chi connectivity index (χ1n) is 12.4. The van der Waals surface area contributed by atoms with Gasteiger partial charge in [0, 0.05) is 55.5 Å². The number of hydrogen-bond donors (Lipinski definition) is 0. The van der Waals surface area contributed by atoms with Crippen LogP contribution in [0.4, 0.5) is 0 Å². The molecule has 0 spiro atoms. The van der Waals surface area contributed by atoms with E-state index in [-0.39, 0.29) is 5.91 Å². The van der Waals surface area contributed by atoms with Gasteiger partial charge in [-0.1, -0.05) is 43.0 Å². The summed E-state index contributed by atoms with van der Waals surface area (Å²) in [6.45, 7) is 6.62. The number of hydrogen-bond acceptors (Lipinski definition) is 7. The highest BCUT2D eigenvalue weighted by Gasteiger charge is 2.22. The highest BCUT2D eigenvalue weighted by molar-refractivity contribution is 7.98. The van der Waals surface area contributed by atoms with Gasteiger partial charge in [0.1, 0.15) is 5.75 Å². The molecule has 1 fully saturated rings. The van der Waals surface area contributed by atoms with E-state index in [9.17, 15) is 4.79 Å². The third-order valence-electron chi connectivity index (χ3n) is 6.57. The Hall–Kier alpha value is -3.69. The molecular formula is C28H30N6O2S. The standard InChI is InChI=1S/C28H30N6O2S/c1-3-32-16-18-33(19-17-32)27(35)23-10-8-21(9-11-23)20-37-28-31-30-26(22-12-14-29-15-13-22)34(28)24-6-4-5-7-25(24)36-2/h4-15H,3,16-20H2,1-2H3. The van der Waals surface area contributed by atoms with Crippen LogP contribution in [0, 0.1) is 0 Å². The summed E-state index contributed by atoms with van der Waals surface area (Å²) in [5.41, 5.74) is 3.63. The second kappa shape index (κ2) is 11.6. The van der Waals surface area contributed by atoms with E-state index in [1.54, 1.807) is 31.3 Å². The van der Waals surface area contributed by atoms with Crippen molar-refractivity contribution in [3.05, 3.63) is 84.2 Å². The zero-order valence-corrected chi connectivity index (χ0v) is 21.9. The van der Waals surface area contributed by atoms with E-state index >= 15 is 0 Å². The minimum atomic E-state index is 0.105. The van der Waals surface area contributed by atoms with Crippen LogP contribution >= 0.6 is 11.8 Å². The Morgan fingerprint density at radius 2 is 1.68 bits per heavy atom. The summed E-state index contributed by atoms with van der Waals surface area (Å²) in [4.78, 5) is 21.4. The van der Waals surface area contributed by atoms with E-state index < -0.39 is 0 Å². The predicted molar refractivity (Wildman–Crippen MR) is 145 cm³/mol. The summed E-state index contributed by atoms with van der Waals surface area (Å²) in [6.07, 6.45) is 3.49. The molecule has 4 aromatic rings. The maximum atomic E-state index is 12.9. The number of rotatable bonds is 8. The largest absolute Gasteiger partial charge is 0.495 e. The Morgan fingerprint density at radius 1 is 0.946 bits per heavy atom. The number of carbonyl (C=O) groups is 1. The number of likely N-dealkylation sites (N-methyl/N-ethyl adjacent to an activating group) is 1. The normalized spacial score (nSPS) is 14.1. The first-order valence-corrected chi connectivity index (χ1v) is 13.4. The molecule has 1 aliphatic rings. The molecule has 0 N–H and O–H groups in total. The van der Waals surface area contributed by atoms with E-state index in [0.717, 1.165) is 71.8 Å². The van der Waals surface area contributed by atoms with Gasteiger partial charge in [-0.3, -0.25) is 14.3 Å². The lowest BCUT2D eigenvalue weighted by molar-refractivity contribution is 0.0643. The van der Waals surface area contributed by atoms with Crippen molar-refractivity contribution in [2.24, 2.45) is 0 Å². The molecule has 1 amide bonds. The van der Waals surface area contributed by atoms with Crippen molar-refractivity contribution in [2.75, 3.05) is 39.8 Å². The molecule has 8 nitrogen and oxygen atoms in total. The van der Waals surface area contributed by atoms with Crippen LogP contribution in [0.15, 0.2) is 78.2 Å². The third kappa shape index (κ3) is 5.52. The van der Waals surface area contributed by atoms with Gasteiger partial charge in [0.05, 0.1) is 12.8 Å². The molecule has 1 aliphatic heterocycles. The number of nitrogens with zero attached hydrogens (tertiary/aromatic N) is 6. The molecule has 0 bridgehead atoms. The number of thioether (sulfide) groups is 1. The Balaban J connectivity index is 1.34. The fraction of sp³-hybridized carbons (Fsp3) is 0.286. The first kappa shape index (κ1) is 25.0. The summed E-state index contributed by atoms with van der Waals surface area (Å²) in [7, 11) is 1.66. The summed E-state index contributed by atoms with van der Waals surface area (Å²) >= 11 is 1.59. The molecule has 0 saturated carbocycles. The second-order valence-electron chi connectivity index (χ2n) is 8.76. The highest BCUT2D eigenvalue weighted by Crippen LogP contribution is 2.33. The Labute approximate surface area is 221 Å². The summed E-state index contributed by atoms with van der Waals surface area (Å²) in [6, 6.07) is 19.6. The van der Waals surface area contributed by atoms with Gasteiger partial charge in [-0.25, -0.2) is 0 Å². The van der Waals surface area contributed by atoms with Gasteiger partial charge in [0.2, 0.25) is 0 Å². The fourth-order valence-corrected chi connectivity index (χ4v) is 5.32. The molecule has 1 saturated heterocycles. The molecule has 0 radical (unpaired) electrons. The topological polar surface area (TPSA) is 76.4 Å². The van der Waals surface area contributed by atoms with Crippen LogP contribution in [0.5, 0.6) is 5.75 Å². The van der Waals surface area contributed by atoms with Crippen molar-refractivity contribution < 1.29 is 9.53 Å². The van der Waals surface area contributed by atoms with E-state index in [4.69, 9.17) is 4.74 Å². The number of methoxy groups -OCH3 is 1. The molecule has 37 heavy (non-hydrogen) atoms. The van der Waals surface area contributed by atoms with Gasteiger partial charge in [-0.05, 0) is 48.5 Å². The van der Waals surface area contributed by atoms with Crippen LogP contribution in [0.1, 0.15) is 22.8 Å². The van der Waals surface area contributed by atoms with Crippen molar-refractivity contribution in [2.45, 2.75) is 17.8 Å². The van der Waals surface area contributed by atoms with Gasteiger partial charge < -0.3 is 14.5 Å². The first-order chi connectivity index (χ1) is 18.2. The molecular weight excluding hydrogens is 484 g/mol. The monoisotopic (exact) mass is 514 g/mol. The lowest BCUT2D eigenvalue weighted by Crippen LogP contribution is -2.48. The zero-order valence-electron chi connectivity index (χ0n) is 21.1. The minimum absolute atomic E-state index is 0.105. The molecule has 0 aliphatic carbocycles. The van der Waals surface area contributed by atoms with Crippen molar-refractivity contribution in [3.63, 3.8) is 0 Å². The molecule has 190 valence electrons. The maximum absolute atomic E-state index is 12.9. The average Bonchev–Trinajstić information content (AvgIpc) is 3.40. The van der Waals surface area contributed by atoms with Crippen molar-refractivity contribution in [1.29, 1.82) is 0 Å². The number of piperazine rings is 1. The quantitative estimate of drug-likeness (QED) is 0.323. The van der Waals surface area contributed by atoms with Crippen LogP contribution in [0.3, 0.4) is 0 Å². The predicted octanol–water partition coefficient (Wildman–Crippen LogP) is 4.41. The summed E-state index contributed by atoms with van der Waals surface area (Å²) in [5.74, 6) is 2.25. The number of ether oxygens (including phenoxy) is 1. The lowest BCUT2D eigenvalue weighted by atomic mass is 10.1. The van der Waals surface area contributed by atoms with Crippen LogP contribution in [-0.2, 0) is 5.75 Å².